The number of rotatable bonds is 4. The van der Waals surface area contributed by atoms with E-state index in [1.165, 1.54) is 5.56 Å². The Kier molecular flexibility index (Phi) is 4.33. The van der Waals surface area contributed by atoms with E-state index in [2.05, 4.69) is 44.3 Å². The molecule has 0 saturated carbocycles. The van der Waals surface area contributed by atoms with Gasteiger partial charge >= 0.3 is 0 Å². The molecule has 1 aromatic heterocycles. The van der Waals surface area contributed by atoms with Crippen molar-refractivity contribution in [3.05, 3.63) is 17.5 Å². The largest absolute Gasteiger partial charge is 0.395 e. The Morgan fingerprint density at radius 1 is 1.41 bits per heavy atom. The molecular weight excluding hydrogens is 214 g/mol. The van der Waals surface area contributed by atoms with Crippen LogP contribution < -0.4 is 5.32 Å². The molecule has 2 N–H and O–H groups in total. The summed E-state index contributed by atoms with van der Waals surface area (Å²) < 4.78 is 2.00. The predicted octanol–water partition coefficient (Wildman–Crippen LogP) is 1.98. The summed E-state index contributed by atoms with van der Waals surface area (Å²) in [7, 11) is 0. The van der Waals surface area contributed by atoms with Gasteiger partial charge in [-0.2, -0.15) is 5.10 Å². The predicted molar refractivity (Wildman–Crippen MR) is 70.1 cm³/mol. The second kappa shape index (κ2) is 5.19. The van der Waals surface area contributed by atoms with Gasteiger partial charge in [0, 0.05) is 23.8 Å². The van der Waals surface area contributed by atoms with Crippen LogP contribution in [0.2, 0.25) is 0 Å². The number of aliphatic hydroxyl groups excluding tert-OH is 1. The van der Waals surface area contributed by atoms with E-state index < -0.39 is 0 Å². The maximum absolute atomic E-state index is 9.05. The minimum atomic E-state index is 0.00528. The second-order valence-corrected chi connectivity index (χ2v) is 5.76. The van der Waals surface area contributed by atoms with Crippen molar-refractivity contribution in [1.29, 1.82) is 0 Å². The Morgan fingerprint density at radius 3 is 2.41 bits per heavy atom. The normalized spacial score (nSPS) is 15.9. The summed E-state index contributed by atoms with van der Waals surface area (Å²) in [4.78, 5) is 0. The standard InChI is InChI=1S/C13H25N3O/c1-9(8-17)14-10(2)12-7-16(13(4,5)6)15-11(12)3/h7,9-10,14,17H,8H2,1-6H3/t9-,10?/m1/s1. The van der Waals surface area contributed by atoms with Crippen LogP contribution in [0.25, 0.3) is 0 Å². The van der Waals surface area contributed by atoms with Crippen LogP contribution in [-0.4, -0.2) is 27.5 Å². The van der Waals surface area contributed by atoms with Crippen LogP contribution in [0.5, 0.6) is 0 Å². The van der Waals surface area contributed by atoms with Crippen LogP contribution >= 0.6 is 0 Å². The van der Waals surface area contributed by atoms with Crippen LogP contribution in [0, 0.1) is 6.92 Å². The summed E-state index contributed by atoms with van der Waals surface area (Å²) in [5.74, 6) is 0. The first-order valence-electron chi connectivity index (χ1n) is 6.19. The van der Waals surface area contributed by atoms with Crippen molar-refractivity contribution in [2.75, 3.05) is 6.61 Å². The molecule has 98 valence electrons. The summed E-state index contributed by atoms with van der Waals surface area (Å²) in [6.07, 6.45) is 2.09. The molecular formula is C13H25N3O. The molecule has 1 rings (SSSR count). The van der Waals surface area contributed by atoms with E-state index in [9.17, 15) is 0 Å². The fraction of sp³-hybridized carbons (Fsp3) is 0.769. The van der Waals surface area contributed by atoms with Crippen molar-refractivity contribution in [3.63, 3.8) is 0 Å². The molecule has 4 nitrogen and oxygen atoms in total. The number of hydrogen-bond donors (Lipinski definition) is 2. The Balaban J connectivity index is 2.88. The molecule has 4 heteroatoms. The zero-order valence-corrected chi connectivity index (χ0v) is 11.8. The third-order valence-corrected chi connectivity index (χ3v) is 2.90. The lowest BCUT2D eigenvalue weighted by Gasteiger charge is -2.20. The van der Waals surface area contributed by atoms with Crippen molar-refractivity contribution in [2.24, 2.45) is 0 Å². The Bertz CT molecular complexity index is 365. The van der Waals surface area contributed by atoms with Crippen LogP contribution in [0.3, 0.4) is 0 Å². The van der Waals surface area contributed by atoms with Crippen molar-refractivity contribution in [3.8, 4) is 0 Å². The molecule has 0 aliphatic carbocycles. The lowest BCUT2D eigenvalue weighted by molar-refractivity contribution is 0.243. The molecule has 0 radical (unpaired) electrons. The van der Waals surface area contributed by atoms with Gasteiger partial charge in [-0.3, -0.25) is 4.68 Å². The summed E-state index contributed by atoms with van der Waals surface area (Å²) in [5.41, 5.74) is 2.25. The molecule has 0 bridgehead atoms. The highest BCUT2D eigenvalue weighted by molar-refractivity contribution is 5.20. The van der Waals surface area contributed by atoms with E-state index in [0.717, 1.165) is 5.69 Å². The molecule has 0 aliphatic rings. The number of aliphatic hydroxyl groups is 1. The number of aromatic nitrogens is 2. The van der Waals surface area contributed by atoms with Gasteiger partial charge in [0.05, 0.1) is 17.8 Å². The first-order chi connectivity index (χ1) is 7.75. The van der Waals surface area contributed by atoms with Gasteiger partial charge < -0.3 is 10.4 Å². The van der Waals surface area contributed by atoms with Crippen LogP contribution in [-0.2, 0) is 5.54 Å². The molecule has 0 spiro atoms. The molecule has 0 saturated heterocycles. The molecule has 0 aliphatic heterocycles. The SMILES string of the molecule is Cc1nn(C(C)(C)C)cc1C(C)N[C@H](C)CO. The zero-order chi connectivity index (χ0) is 13.2. The number of nitrogens with zero attached hydrogens (tertiary/aromatic N) is 2. The lowest BCUT2D eigenvalue weighted by atomic mass is 10.1. The highest BCUT2D eigenvalue weighted by atomic mass is 16.3. The molecule has 17 heavy (non-hydrogen) atoms. The highest BCUT2D eigenvalue weighted by Gasteiger charge is 2.19. The van der Waals surface area contributed by atoms with Gasteiger partial charge in [0.25, 0.3) is 0 Å². The van der Waals surface area contributed by atoms with E-state index in [0.29, 0.717) is 0 Å². The van der Waals surface area contributed by atoms with Gasteiger partial charge in [-0.05, 0) is 41.5 Å². The van der Waals surface area contributed by atoms with Gasteiger partial charge in [-0.1, -0.05) is 0 Å². The van der Waals surface area contributed by atoms with E-state index in [1.807, 2.05) is 18.5 Å². The van der Waals surface area contributed by atoms with Crippen LogP contribution in [0.4, 0.5) is 0 Å². The molecule has 0 fully saturated rings. The minimum Gasteiger partial charge on any atom is -0.395 e. The number of hydrogen-bond acceptors (Lipinski definition) is 3. The maximum atomic E-state index is 9.05. The molecule has 0 aromatic carbocycles. The quantitative estimate of drug-likeness (QED) is 0.844. The lowest BCUT2D eigenvalue weighted by Crippen LogP contribution is -2.31. The maximum Gasteiger partial charge on any atom is 0.0641 e. The summed E-state index contributed by atoms with van der Waals surface area (Å²) in [6, 6.07) is 0.302. The third-order valence-electron chi connectivity index (χ3n) is 2.90. The minimum absolute atomic E-state index is 0.00528. The van der Waals surface area contributed by atoms with Crippen LogP contribution in [0.15, 0.2) is 6.20 Å². The fourth-order valence-electron chi connectivity index (χ4n) is 1.81. The van der Waals surface area contributed by atoms with E-state index >= 15 is 0 Å². The van der Waals surface area contributed by atoms with Gasteiger partial charge in [0.15, 0.2) is 0 Å². The van der Waals surface area contributed by atoms with Crippen molar-refractivity contribution >= 4 is 0 Å². The van der Waals surface area contributed by atoms with Crippen molar-refractivity contribution in [1.82, 2.24) is 15.1 Å². The van der Waals surface area contributed by atoms with E-state index in [4.69, 9.17) is 5.11 Å². The second-order valence-electron chi connectivity index (χ2n) is 5.76. The average molecular weight is 239 g/mol. The Morgan fingerprint density at radius 2 is 2.00 bits per heavy atom. The van der Waals surface area contributed by atoms with E-state index in [-0.39, 0.29) is 24.2 Å². The Labute approximate surface area is 104 Å². The summed E-state index contributed by atoms with van der Waals surface area (Å²) in [6.45, 7) is 12.7. The first-order valence-corrected chi connectivity index (χ1v) is 6.19. The topological polar surface area (TPSA) is 50.1 Å². The van der Waals surface area contributed by atoms with Crippen molar-refractivity contribution < 1.29 is 5.11 Å². The Hall–Kier alpha value is -0.870. The average Bonchev–Trinajstić information content (AvgIpc) is 2.59. The fourth-order valence-corrected chi connectivity index (χ4v) is 1.81. The molecule has 1 unspecified atom stereocenters. The molecule has 1 heterocycles. The molecule has 0 amide bonds. The van der Waals surface area contributed by atoms with Gasteiger partial charge in [0.1, 0.15) is 0 Å². The zero-order valence-electron chi connectivity index (χ0n) is 11.8. The summed E-state index contributed by atoms with van der Waals surface area (Å²) >= 11 is 0. The van der Waals surface area contributed by atoms with Crippen LogP contribution in [0.1, 0.15) is 51.9 Å². The molecule has 1 aromatic rings. The van der Waals surface area contributed by atoms with Crippen molar-refractivity contribution in [2.45, 2.75) is 59.2 Å². The smallest absolute Gasteiger partial charge is 0.0641 e. The molecule has 2 atom stereocenters. The van der Waals surface area contributed by atoms with Gasteiger partial charge in [0.2, 0.25) is 0 Å². The number of nitrogens with one attached hydrogen (secondary N) is 1. The summed E-state index contributed by atoms with van der Waals surface area (Å²) in [5, 5.41) is 16.9. The van der Waals surface area contributed by atoms with E-state index in [1.54, 1.807) is 0 Å². The van der Waals surface area contributed by atoms with Gasteiger partial charge in [-0.15, -0.1) is 0 Å². The number of aryl methyl sites for hydroxylation is 1. The van der Waals surface area contributed by atoms with Gasteiger partial charge in [-0.25, -0.2) is 0 Å². The monoisotopic (exact) mass is 239 g/mol. The highest BCUT2D eigenvalue weighted by Crippen LogP contribution is 2.21. The first kappa shape index (κ1) is 14.2. The third kappa shape index (κ3) is 3.54.